The molecule has 2 nitrogen and oxygen atoms in total. The summed E-state index contributed by atoms with van der Waals surface area (Å²) in [6, 6.07) is 5.59. The molecule has 0 N–H and O–H groups in total. The van der Waals surface area contributed by atoms with Gasteiger partial charge in [-0.2, -0.15) is 13.2 Å². The molecule has 1 unspecified atom stereocenters. The van der Waals surface area contributed by atoms with Crippen molar-refractivity contribution in [2.24, 2.45) is 0 Å². The number of hydrogen-bond donors (Lipinski definition) is 0. The zero-order valence-corrected chi connectivity index (χ0v) is 11.7. The molecular formula is C14H15F5O2. The Morgan fingerprint density at radius 3 is 1.86 bits per heavy atom. The van der Waals surface area contributed by atoms with Gasteiger partial charge in [-0.1, -0.05) is 32.9 Å². The first-order valence-corrected chi connectivity index (χ1v) is 6.09. The van der Waals surface area contributed by atoms with Gasteiger partial charge in [0.25, 0.3) is 12.5 Å². The second kappa shape index (κ2) is 5.99. The number of carbonyl (C=O) groups excluding carboxylic acids is 1. The molecule has 1 rings (SSSR count). The Bertz CT molecular complexity index is 486. The van der Waals surface area contributed by atoms with Crippen LogP contribution in [0, 0.1) is 0 Å². The average Bonchev–Trinajstić information content (AvgIpc) is 2.33. The maximum absolute atomic E-state index is 12.3. The molecule has 0 radical (unpaired) electrons. The number of halogens is 5. The Labute approximate surface area is 118 Å². The molecule has 0 aromatic heterocycles. The monoisotopic (exact) mass is 310 g/mol. The third-order valence-electron chi connectivity index (χ3n) is 2.77. The normalized spacial score (nSPS) is 14.1. The van der Waals surface area contributed by atoms with Gasteiger partial charge in [-0.25, -0.2) is 13.6 Å². The van der Waals surface area contributed by atoms with E-state index in [1.54, 1.807) is 12.1 Å². The van der Waals surface area contributed by atoms with E-state index in [1.807, 2.05) is 20.8 Å². The summed E-state index contributed by atoms with van der Waals surface area (Å²) in [5.74, 6) is -1.43. The molecule has 21 heavy (non-hydrogen) atoms. The van der Waals surface area contributed by atoms with Crippen LogP contribution in [0.3, 0.4) is 0 Å². The van der Waals surface area contributed by atoms with E-state index in [2.05, 4.69) is 4.74 Å². The van der Waals surface area contributed by atoms with E-state index in [1.165, 1.54) is 12.1 Å². The third-order valence-corrected chi connectivity index (χ3v) is 2.77. The maximum Gasteiger partial charge on any atom is 0.431 e. The van der Waals surface area contributed by atoms with Crippen LogP contribution in [0.15, 0.2) is 24.3 Å². The van der Waals surface area contributed by atoms with Crippen LogP contribution >= 0.6 is 0 Å². The van der Waals surface area contributed by atoms with Crippen LogP contribution < -0.4 is 0 Å². The van der Waals surface area contributed by atoms with E-state index in [-0.39, 0.29) is 11.0 Å². The van der Waals surface area contributed by atoms with Crippen molar-refractivity contribution in [2.45, 2.75) is 44.9 Å². The lowest BCUT2D eigenvalue weighted by atomic mass is 9.87. The lowest BCUT2D eigenvalue weighted by molar-refractivity contribution is -0.236. The lowest BCUT2D eigenvalue weighted by Crippen LogP contribution is -2.39. The summed E-state index contributed by atoms with van der Waals surface area (Å²) < 4.78 is 65.4. The highest BCUT2D eigenvalue weighted by Crippen LogP contribution is 2.29. The van der Waals surface area contributed by atoms with Gasteiger partial charge >= 0.3 is 12.1 Å². The van der Waals surface area contributed by atoms with Crippen molar-refractivity contribution in [3.05, 3.63) is 35.4 Å². The zero-order chi connectivity index (χ0) is 16.4. The van der Waals surface area contributed by atoms with Gasteiger partial charge in [-0.3, -0.25) is 0 Å². The summed E-state index contributed by atoms with van der Waals surface area (Å²) in [5, 5.41) is 0. The summed E-state index contributed by atoms with van der Waals surface area (Å²) >= 11 is 0. The van der Waals surface area contributed by atoms with E-state index in [0.717, 1.165) is 5.56 Å². The van der Waals surface area contributed by atoms with Gasteiger partial charge in [0.1, 0.15) is 0 Å². The Balaban J connectivity index is 2.89. The number of carbonyl (C=O) groups is 1. The number of rotatable bonds is 3. The zero-order valence-electron chi connectivity index (χ0n) is 11.7. The molecule has 0 aliphatic carbocycles. The first kappa shape index (κ1) is 17.4. The minimum absolute atomic E-state index is 0.208. The molecule has 0 amide bonds. The topological polar surface area (TPSA) is 26.3 Å². The predicted octanol–water partition coefficient (Wildman–Crippen LogP) is 4.34. The molecule has 0 aliphatic heterocycles. The second-order valence-electron chi connectivity index (χ2n) is 5.53. The van der Waals surface area contributed by atoms with Crippen molar-refractivity contribution >= 4 is 5.97 Å². The molecule has 0 bridgehead atoms. The Hall–Kier alpha value is -1.66. The van der Waals surface area contributed by atoms with Gasteiger partial charge in [0.05, 0.1) is 5.56 Å². The minimum Gasteiger partial charge on any atom is -0.443 e. The Morgan fingerprint density at radius 2 is 1.52 bits per heavy atom. The Morgan fingerprint density at radius 1 is 1.05 bits per heavy atom. The summed E-state index contributed by atoms with van der Waals surface area (Å²) in [4.78, 5) is 11.5. The SMILES string of the molecule is CC(C)(C)c1ccc(C(=O)OC(C(F)F)C(F)(F)F)cc1. The van der Waals surface area contributed by atoms with Crippen LogP contribution in [-0.4, -0.2) is 24.7 Å². The number of benzene rings is 1. The molecule has 0 fully saturated rings. The maximum atomic E-state index is 12.3. The number of alkyl halides is 5. The lowest BCUT2D eigenvalue weighted by Gasteiger charge is -2.21. The van der Waals surface area contributed by atoms with Gasteiger partial charge in [-0.05, 0) is 23.1 Å². The van der Waals surface area contributed by atoms with Crippen LogP contribution in [0.2, 0.25) is 0 Å². The van der Waals surface area contributed by atoms with Gasteiger partial charge < -0.3 is 4.74 Å². The van der Waals surface area contributed by atoms with Crippen LogP contribution in [0.4, 0.5) is 22.0 Å². The summed E-state index contributed by atoms with van der Waals surface area (Å²) in [6.45, 7) is 5.74. The van der Waals surface area contributed by atoms with Crippen molar-refractivity contribution in [1.82, 2.24) is 0 Å². The predicted molar refractivity (Wildman–Crippen MR) is 66.4 cm³/mol. The van der Waals surface area contributed by atoms with Gasteiger partial charge in [0.2, 0.25) is 0 Å². The van der Waals surface area contributed by atoms with Crippen molar-refractivity contribution < 1.29 is 31.5 Å². The Kier molecular flexibility index (Phi) is 4.96. The van der Waals surface area contributed by atoms with E-state index in [4.69, 9.17) is 0 Å². The van der Waals surface area contributed by atoms with E-state index >= 15 is 0 Å². The van der Waals surface area contributed by atoms with Crippen molar-refractivity contribution in [3.8, 4) is 0 Å². The summed E-state index contributed by atoms with van der Waals surface area (Å²) in [6.07, 6.45) is -12.6. The molecular weight excluding hydrogens is 295 g/mol. The van der Waals surface area contributed by atoms with Crippen LogP contribution in [0.1, 0.15) is 36.7 Å². The quantitative estimate of drug-likeness (QED) is 0.613. The molecule has 0 aliphatic rings. The van der Waals surface area contributed by atoms with Crippen molar-refractivity contribution in [2.75, 3.05) is 0 Å². The largest absolute Gasteiger partial charge is 0.443 e. The fourth-order valence-electron chi connectivity index (χ4n) is 1.55. The number of ether oxygens (including phenoxy) is 1. The van der Waals surface area contributed by atoms with E-state index < -0.39 is 24.7 Å². The van der Waals surface area contributed by atoms with Crippen molar-refractivity contribution in [1.29, 1.82) is 0 Å². The van der Waals surface area contributed by atoms with Gasteiger partial charge in [0.15, 0.2) is 0 Å². The molecule has 0 saturated heterocycles. The molecule has 1 aromatic rings. The van der Waals surface area contributed by atoms with Gasteiger partial charge in [-0.15, -0.1) is 0 Å². The molecule has 7 heteroatoms. The average molecular weight is 310 g/mol. The fraction of sp³-hybridized carbons (Fsp3) is 0.500. The highest BCUT2D eigenvalue weighted by Gasteiger charge is 2.49. The van der Waals surface area contributed by atoms with Crippen LogP contribution in [-0.2, 0) is 10.2 Å². The van der Waals surface area contributed by atoms with E-state index in [0.29, 0.717) is 0 Å². The minimum atomic E-state index is -5.31. The summed E-state index contributed by atoms with van der Waals surface area (Å²) in [5.41, 5.74) is 0.429. The third kappa shape index (κ3) is 4.68. The van der Waals surface area contributed by atoms with E-state index in [9.17, 15) is 26.7 Å². The number of hydrogen-bond acceptors (Lipinski definition) is 2. The summed E-state index contributed by atoms with van der Waals surface area (Å²) in [7, 11) is 0. The van der Waals surface area contributed by atoms with Crippen molar-refractivity contribution in [3.63, 3.8) is 0 Å². The highest BCUT2D eigenvalue weighted by atomic mass is 19.4. The first-order valence-electron chi connectivity index (χ1n) is 6.09. The van der Waals surface area contributed by atoms with Crippen LogP contribution in [0.25, 0.3) is 0 Å². The fourth-order valence-corrected chi connectivity index (χ4v) is 1.55. The molecule has 1 aromatic carbocycles. The molecule has 118 valence electrons. The molecule has 0 heterocycles. The van der Waals surface area contributed by atoms with Gasteiger partial charge in [0, 0.05) is 0 Å². The smallest absolute Gasteiger partial charge is 0.431 e. The first-order chi connectivity index (χ1) is 9.43. The number of esters is 1. The molecule has 0 spiro atoms. The van der Waals surface area contributed by atoms with Crippen LogP contribution in [0.5, 0.6) is 0 Å². The standard InChI is InChI=1S/C14H15F5O2/c1-13(2,3)9-6-4-8(5-7-9)12(20)21-10(11(15)16)14(17,18)19/h4-7,10-11H,1-3H3. The molecule has 1 atom stereocenters. The highest BCUT2D eigenvalue weighted by molar-refractivity contribution is 5.89. The second-order valence-corrected chi connectivity index (χ2v) is 5.53. The molecule has 0 saturated carbocycles.